The van der Waals surface area contributed by atoms with Gasteiger partial charge in [-0.2, -0.15) is 0 Å². The molecule has 3 saturated heterocycles. The number of phenolic OH excluding ortho intramolecular Hbond substituents is 1. The Bertz CT molecular complexity index is 2090. The lowest BCUT2D eigenvalue weighted by molar-refractivity contribution is -0.136. The molecule has 2 N–H and O–H groups in total. The number of benzene rings is 4. The monoisotopic (exact) mass is 740 g/mol. The molecule has 0 aromatic heterocycles. The summed E-state index contributed by atoms with van der Waals surface area (Å²) in [5, 5.41) is 12.6. The molecular formula is C46H49FN4O4. The lowest BCUT2D eigenvalue weighted by atomic mass is 9.69. The second-order valence-electron chi connectivity index (χ2n) is 16.4. The van der Waals surface area contributed by atoms with E-state index in [0.717, 1.165) is 82.4 Å². The van der Waals surface area contributed by atoms with Crippen LogP contribution in [0.3, 0.4) is 0 Å². The van der Waals surface area contributed by atoms with Gasteiger partial charge in [-0.3, -0.25) is 19.7 Å². The number of hydrogen-bond acceptors (Lipinski definition) is 6. The SMILES string of the molecule is O=C1CCC(N2Cc3c(cc(F)cc3C3CCN(CC4CCN(c5ccc([C@@H]6c7ccc(O)cc7CC[C@@H]6c6ccccc6)cc5)CC4)CC3)C2=O)C(=O)N1. The number of amides is 3. The average Bonchev–Trinajstić information content (AvgIpc) is 3.53. The molecule has 3 fully saturated rings. The molecular weight excluding hydrogens is 692 g/mol. The molecule has 8 nitrogen and oxygen atoms in total. The van der Waals surface area contributed by atoms with Crippen LogP contribution in [0.1, 0.15) is 106 Å². The molecule has 3 amide bonds. The van der Waals surface area contributed by atoms with Crippen molar-refractivity contribution < 1.29 is 23.9 Å². The van der Waals surface area contributed by atoms with Crippen LogP contribution in [0.5, 0.6) is 5.75 Å². The Morgan fingerprint density at radius 3 is 2.25 bits per heavy atom. The maximum Gasteiger partial charge on any atom is 0.255 e. The summed E-state index contributed by atoms with van der Waals surface area (Å²) in [6, 6.07) is 28.2. The first-order valence-electron chi connectivity index (χ1n) is 20.2. The standard InChI is InChI=1S/C46H49FN4O4/c47-34-25-39(41-28-51(46(55)40(41)26-34)42-14-15-43(53)48-45(42)54)31-18-20-49(21-19-31)27-29-16-22-50(23-17-29)35-9-6-32(7-10-35)44-37(30-4-2-1-3-5-30)12-8-33-24-36(52)11-13-38(33)44/h1-7,9-11,13,24-26,29,31,37,42,44,52H,8,12,14-23,27-28H2,(H,48,53,54)/t37-,42?,44+/m1/s1. The lowest BCUT2D eigenvalue weighted by Crippen LogP contribution is -2.52. The molecule has 0 spiro atoms. The number of halogens is 1. The van der Waals surface area contributed by atoms with Crippen molar-refractivity contribution in [1.29, 1.82) is 0 Å². The molecule has 0 saturated carbocycles. The number of phenols is 1. The van der Waals surface area contributed by atoms with Crippen molar-refractivity contribution in [2.24, 2.45) is 5.92 Å². The van der Waals surface area contributed by atoms with Gasteiger partial charge in [-0.1, -0.05) is 48.5 Å². The van der Waals surface area contributed by atoms with Gasteiger partial charge in [0.25, 0.3) is 5.91 Å². The minimum atomic E-state index is -0.703. The van der Waals surface area contributed by atoms with Crippen molar-refractivity contribution in [2.75, 3.05) is 37.6 Å². The van der Waals surface area contributed by atoms with E-state index in [1.165, 1.54) is 38.9 Å². The third kappa shape index (κ3) is 7.03. The summed E-state index contributed by atoms with van der Waals surface area (Å²) in [7, 11) is 0. The normalized spacial score (nSPS) is 23.8. The minimum absolute atomic E-state index is 0.164. The predicted octanol–water partition coefficient (Wildman–Crippen LogP) is 7.25. The van der Waals surface area contributed by atoms with Gasteiger partial charge in [-0.25, -0.2) is 4.39 Å². The zero-order chi connectivity index (χ0) is 37.6. The van der Waals surface area contributed by atoms with Crippen LogP contribution in [0.15, 0.2) is 84.9 Å². The number of piperidine rings is 3. The first-order valence-corrected chi connectivity index (χ1v) is 20.2. The molecule has 1 unspecified atom stereocenters. The van der Waals surface area contributed by atoms with E-state index in [2.05, 4.69) is 75.8 Å². The van der Waals surface area contributed by atoms with Crippen LogP contribution in [0, 0.1) is 11.7 Å². The summed E-state index contributed by atoms with van der Waals surface area (Å²) in [5.41, 5.74) is 8.65. The van der Waals surface area contributed by atoms with Gasteiger partial charge in [0.1, 0.15) is 17.6 Å². The summed E-state index contributed by atoms with van der Waals surface area (Å²) in [6.07, 6.45) is 6.62. The fraction of sp³-hybridized carbons (Fsp3) is 0.413. The first-order chi connectivity index (χ1) is 26.8. The fourth-order valence-corrected chi connectivity index (χ4v) is 10.4. The Morgan fingerprint density at radius 1 is 0.745 bits per heavy atom. The molecule has 4 aromatic carbocycles. The Kier molecular flexibility index (Phi) is 9.67. The van der Waals surface area contributed by atoms with Gasteiger partial charge in [-0.15, -0.1) is 0 Å². The third-order valence-electron chi connectivity index (χ3n) is 13.2. The maximum absolute atomic E-state index is 14.9. The van der Waals surface area contributed by atoms with Gasteiger partial charge < -0.3 is 19.8 Å². The predicted molar refractivity (Wildman–Crippen MR) is 210 cm³/mol. The lowest BCUT2D eigenvalue weighted by Gasteiger charge is -2.39. The topological polar surface area (TPSA) is 93.2 Å². The number of hydrogen-bond donors (Lipinski definition) is 2. The number of anilines is 1. The summed E-state index contributed by atoms with van der Waals surface area (Å²) in [4.78, 5) is 44.3. The van der Waals surface area contributed by atoms with E-state index in [1.807, 2.05) is 12.1 Å². The smallest absolute Gasteiger partial charge is 0.255 e. The van der Waals surface area contributed by atoms with Crippen molar-refractivity contribution in [3.05, 3.63) is 130 Å². The summed E-state index contributed by atoms with van der Waals surface area (Å²) < 4.78 is 14.9. The first kappa shape index (κ1) is 35.7. The van der Waals surface area contributed by atoms with E-state index < -0.39 is 17.8 Å². The van der Waals surface area contributed by atoms with Crippen LogP contribution in [0.25, 0.3) is 0 Å². The minimum Gasteiger partial charge on any atom is -0.508 e. The fourth-order valence-electron chi connectivity index (χ4n) is 10.4. The van der Waals surface area contributed by atoms with Crippen molar-refractivity contribution >= 4 is 23.4 Å². The summed E-state index contributed by atoms with van der Waals surface area (Å²) in [5.74, 6) is 0.272. The Hall–Kier alpha value is -5.02. The van der Waals surface area contributed by atoms with Gasteiger partial charge in [-0.05, 0) is 146 Å². The largest absolute Gasteiger partial charge is 0.508 e. The highest BCUT2D eigenvalue weighted by molar-refractivity contribution is 6.05. The number of aromatic hydroxyl groups is 1. The molecule has 1 aliphatic carbocycles. The Labute approximate surface area is 322 Å². The third-order valence-corrected chi connectivity index (χ3v) is 13.2. The number of aryl methyl sites for hydroxylation is 1. The van der Waals surface area contributed by atoms with Crippen LogP contribution in [-0.2, 0) is 22.6 Å². The van der Waals surface area contributed by atoms with Gasteiger partial charge >= 0.3 is 0 Å². The summed E-state index contributed by atoms with van der Waals surface area (Å²) in [6.45, 7) is 5.30. The number of likely N-dealkylation sites (tertiary alicyclic amines) is 1. The van der Waals surface area contributed by atoms with Gasteiger partial charge in [0.15, 0.2) is 0 Å². The number of fused-ring (bicyclic) bond motifs is 2. The number of nitrogens with zero attached hydrogens (tertiary/aromatic N) is 3. The summed E-state index contributed by atoms with van der Waals surface area (Å²) >= 11 is 0. The molecule has 0 bridgehead atoms. The van der Waals surface area contributed by atoms with E-state index in [-0.39, 0.29) is 36.6 Å². The highest BCUT2D eigenvalue weighted by Crippen LogP contribution is 2.47. The highest BCUT2D eigenvalue weighted by Gasteiger charge is 2.41. The van der Waals surface area contributed by atoms with Crippen LogP contribution in [0.2, 0.25) is 0 Å². The molecule has 55 heavy (non-hydrogen) atoms. The van der Waals surface area contributed by atoms with Crippen molar-refractivity contribution in [1.82, 2.24) is 15.1 Å². The second-order valence-corrected chi connectivity index (χ2v) is 16.4. The molecule has 3 atom stereocenters. The van der Waals surface area contributed by atoms with Crippen molar-refractivity contribution in [3.8, 4) is 5.75 Å². The number of carbonyl (C=O) groups is 3. The molecule has 284 valence electrons. The zero-order valence-corrected chi connectivity index (χ0v) is 31.3. The van der Waals surface area contributed by atoms with Crippen LogP contribution in [0.4, 0.5) is 10.1 Å². The van der Waals surface area contributed by atoms with Gasteiger partial charge in [0.05, 0.1) is 0 Å². The van der Waals surface area contributed by atoms with Gasteiger partial charge in [0, 0.05) is 49.8 Å². The Balaban J connectivity index is 0.804. The van der Waals surface area contributed by atoms with Gasteiger partial charge in [0.2, 0.25) is 11.8 Å². The van der Waals surface area contributed by atoms with Crippen LogP contribution in [-0.4, -0.2) is 71.4 Å². The van der Waals surface area contributed by atoms with Crippen molar-refractivity contribution in [3.63, 3.8) is 0 Å². The number of carbonyl (C=O) groups excluding carboxylic acids is 3. The quantitative estimate of drug-likeness (QED) is 0.194. The number of imide groups is 1. The highest BCUT2D eigenvalue weighted by atomic mass is 19.1. The zero-order valence-electron chi connectivity index (χ0n) is 31.3. The molecule has 5 aliphatic rings. The molecule has 4 aliphatic heterocycles. The van der Waals surface area contributed by atoms with E-state index in [9.17, 15) is 23.9 Å². The molecule has 4 aromatic rings. The Morgan fingerprint density at radius 2 is 1.51 bits per heavy atom. The number of rotatable bonds is 7. The maximum atomic E-state index is 14.9. The number of nitrogens with one attached hydrogen (secondary N) is 1. The average molecular weight is 741 g/mol. The molecule has 4 heterocycles. The van der Waals surface area contributed by atoms with E-state index in [4.69, 9.17) is 0 Å². The van der Waals surface area contributed by atoms with E-state index in [0.29, 0.717) is 29.6 Å². The molecule has 9 heteroatoms. The van der Waals surface area contributed by atoms with E-state index in [1.54, 1.807) is 6.07 Å². The van der Waals surface area contributed by atoms with Crippen LogP contribution < -0.4 is 10.2 Å². The second kappa shape index (κ2) is 14.9. The van der Waals surface area contributed by atoms with Crippen molar-refractivity contribution in [2.45, 2.75) is 81.7 Å². The van der Waals surface area contributed by atoms with Crippen LogP contribution >= 0.6 is 0 Å². The molecule has 0 radical (unpaired) electrons. The van der Waals surface area contributed by atoms with E-state index >= 15 is 0 Å². The molecule has 9 rings (SSSR count).